The molecule has 1 N–H and O–H groups in total. The van der Waals surface area contributed by atoms with Crippen molar-refractivity contribution in [1.29, 1.82) is 0 Å². The van der Waals surface area contributed by atoms with Gasteiger partial charge in [-0.2, -0.15) is 0 Å². The number of fused-ring (bicyclic) bond motifs is 2. The summed E-state index contributed by atoms with van der Waals surface area (Å²) in [6.45, 7) is 5.02. The standard InChI is InChI=1S/C21H23NO5/c1-12-11-26-18-10-19-17(9-16(12)18)13(2)15(21(25)27-19)3-4-20(24)22-7-5-14(23)6-8-22/h9-11,14,23H,3-8H2,1-2H3. The van der Waals surface area contributed by atoms with Crippen molar-refractivity contribution in [2.75, 3.05) is 13.1 Å². The van der Waals surface area contributed by atoms with Crippen molar-refractivity contribution < 1.29 is 18.7 Å². The first kappa shape index (κ1) is 17.8. The molecule has 0 atom stereocenters. The Morgan fingerprint density at radius 3 is 2.67 bits per heavy atom. The van der Waals surface area contributed by atoms with Gasteiger partial charge in [-0.1, -0.05) is 0 Å². The van der Waals surface area contributed by atoms with Crippen LogP contribution >= 0.6 is 0 Å². The van der Waals surface area contributed by atoms with Crippen molar-refractivity contribution in [2.45, 2.75) is 45.6 Å². The third-order valence-corrected chi connectivity index (χ3v) is 5.58. The summed E-state index contributed by atoms with van der Waals surface area (Å²) in [5.41, 5.74) is 3.22. The summed E-state index contributed by atoms with van der Waals surface area (Å²) in [7, 11) is 0. The molecular formula is C21H23NO5. The van der Waals surface area contributed by atoms with Crippen LogP contribution in [-0.2, 0) is 11.2 Å². The van der Waals surface area contributed by atoms with Gasteiger partial charge in [0.25, 0.3) is 0 Å². The summed E-state index contributed by atoms with van der Waals surface area (Å²) in [5.74, 6) is 0.0157. The second-order valence-electron chi connectivity index (χ2n) is 7.37. The van der Waals surface area contributed by atoms with Gasteiger partial charge in [0.15, 0.2) is 0 Å². The quantitative estimate of drug-likeness (QED) is 0.717. The highest BCUT2D eigenvalue weighted by Gasteiger charge is 2.22. The van der Waals surface area contributed by atoms with Gasteiger partial charge in [0.1, 0.15) is 11.2 Å². The summed E-state index contributed by atoms with van der Waals surface area (Å²) >= 11 is 0. The van der Waals surface area contributed by atoms with Gasteiger partial charge in [0.2, 0.25) is 5.91 Å². The third-order valence-electron chi connectivity index (χ3n) is 5.58. The predicted molar refractivity (Wildman–Crippen MR) is 102 cm³/mol. The number of carbonyl (C=O) groups is 1. The van der Waals surface area contributed by atoms with Crippen LogP contribution in [0.4, 0.5) is 0 Å². The Hall–Kier alpha value is -2.60. The highest BCUT2D eigenvalue weighted by atomic mass is 16.4. The third kappa shape index (κ3) is 3.25. The molecule has 27 heavy (non-hydrogen) atoms. The molecule has 4 rings (SSSR count). The van der Waals surface area contributed by atoms with Crippen molar-refractivity contribution >= 4 is 27.8 Å². The van der Waals surface area contributed by atoms with Crippen LogP contribution in [0.25, 0.3) is 21.9 Å². The molecule has 0 bridgehead atoms. The Balaban J connectivity index is 1.61. The molecule has 1 fully saturated rings. The smallest absolute Gasteiger partial charge is 0.339 e. The van der Waals surface area contributed by atoms with Gasteiger partial charge in [-0.25, -0.2) is 4.79 Å². The maximum Gasteiger partial charge on any atom is 0.339 e. The van der Waals surface area contributed by atoms with E-state index >= 15 is 0 Å². The predicted octanol–water partition coefficient (Wildman–Crippen LogP) is 3.07. The number of hydrogen-bond acceptors (Lipinski definition) is 5. The number of likely N-dealkylation sites (tertiary alicyclic amines) is 1. The number of aliphatic hydroxyl groups excluding tert-OH is 1. The number of piperidine rings is 1. The van der Waals surface area contributed by atoms with Gasteiger partial charge in [-0.05, 0) is 50.3 Å². The van der Waals surface area contributed by atoms with Crippen molar-refractivity contribution in [1.82, 2.24) is 4.90 Å². The molecule has 3 aromatic rings. The SMILES string of the molecule is Cc1coc2cc3oc(=O)c(CCC(=O)N4CCC(O)CC4)c(C)c3cc12. The highest BCUT2D eigenvalue weighted by Crippen LogP contribution is 2.29. The Labute approximate surface area is 156 Å². The van der Waals surface area contributed by atoms with E-state index in [0.717, 1.165) is 21.9 Å². The van der Waals surface area contributed by atoms with Gasteiger partial charge < -0.3 is 18.8 Å². The molecule has 0 unspecified atom stereocenters. The van der Waals surface area contributed by atoms with Crippen LogP contribution in [0.5, 0.6) is 0 Å². The van der Waals surface area contributed by atoms with Crippen LogP contribution < -0.4 is 5.63 Å². The second kappa shape index (κ2) is 6.85. The first-order chi connectivity index (χ1) is 12.9. The van der Waals surface area contributed by atoms with Gasteiger partial charge in [-0.15, -0.1) is 0 Å². The van der Waals surface area contributed by atoms with Crippen LogP contribution in [0.15, 0.2) is 32.0 Å². The number of nitrogens with zero attached hydrogens (tertiary/aromatic N) is 1. The topological polar surface area (TPSA) is 83.9 Å². The summed E-state index contributed by atoms with van der Waals surface area (Å²) < 4.78 is 11.0. The molecule has 1 aliphatic heterocycles. The number of furan rings is 1. The lowest BCUT2D eigenvalue weighted by Crippen LogP contribution is -2.40. The molecular weight excluding hydrogens is 346 g/mol. The maximum atomic E-state index is 12.5. The largest absolute Gasteiger partial charge is 0.464 e. The van der Waals surface area contributed by atoms with Crippen LogP contribution in [-0.4, -0.2) is 35.1 Å². The van der Waals surface area contributed by atoms with E-state index in [1.54, 1.807) is 17.2 Å². The average molecular weight is 369 g/mol. The van der Waals surface area contributed by atoms with E-state index in [0.29, 0.717) is 49.1 Å². The summed E-state index contributed by atoms with van der Waals surface area (Å²) in [6.07, 6.45) is 3.22. The molecule has 0 radical (unpaired) electrons. The van der Waals surface area contributed by atoms with Crippen molar-refractivity contribution in [2.24, 2.45) is 0 Å². The molecule has 6 heteroatoms. The number of carbonyl (C=O) groups excluding carboxylic acids is 1. The molecule has 0 spiro atoms. The maximum absolute atomic E-state index is 12.5. The second-order valence-corrected chi connectivity index (χ2v) is 7.37. The van der Waals surface area contributed by atoms with E-state index in [9.17, 15) is 14.7 Å². The van der Waals surface area contributed by atoms with E-state index < -0.39 is 5.63 Å². The van der Waals surface area contributed by atoms with E-state index in [4.69, 9.17) is 8.83 Å². The van der Waals surface area contributed by atoms with Crippen molar-refractivity contribution in [3.05, 3.63) is 45.5 Å². The van der Waals surface area contributed by atoms with E-state index in [-0.39, 0.29) is 18.4 Å². The van der Waals surface area contributed by atoms with Crippen LogP contribution in [0.2, 0.25) is 0 Å². The number of rotatable bonds is 3. The summed E-state index contributed by atoms with van der Waals surface area (Å²) in [4.78, 5) is 26.7. The fourth-order valence-electron chi connectivity index (χ4n) is 3.83. The van der Waals surface area contributed by atoms with Crippen molar-refractivity contribution in [3.63, 3.8) is 0 Å². The number of benzene rings is 1. The fourth-order valence-corrected chi connectivity index (χ4v) is 3.83. The van der Waals surface area contributed by atoms with Gasteiger partial charge in [0.05, 0.1) is 12.4 Å². The minimum atomic E-state index is -0.399. The Morgan fingerprint density at radius 2 is 1.93 bits per heavy atom. The minimum absolute atomic E-state index is 0.0157. The number of hydrogen-bond donors (Lipinski definition) is 1. The average Bonchev–Trinajstić information content (AvgIpc) is 3.00. The monoisotopic (exact) mass is 369 g/mol. The fraction of sp³-hybridized carbons (Fsp3) is 0.429. The molecule has 1 aromatic carbocycles. The lowest BCUT2D eigenvalue weighted by atomic mass is 10.00. The van der Waals surface area contributed by atoms with E-state index in [1.807, 2.05) is 19.9 Å². The molecule has 1 saturated heterocycles. The normalized spacial score (nSPS) is 15.7. The zero-order valence-corrected chi connectivity index (χ0v) is 15.6. The highest BCUT2D eigenvalue weighted by molar-refractivity contribution is 5.96. The van der Waals surface area contributed by atoms with E-state index in [2.05, 4.69) is 0 Å². The van der Waals surface area contributed by atoms with E-state index in [1.165, 1.54) is 0 Å². The number of aliphatic hydroxyl groups is 1. The molecule has 2 aromatic heterocycles. The molecule has 142 valence electrons. The Morgan fingerprint density at radius 1 is 1.19 bits per heavy atom. The van der Waals surface area contributed by atoms with Gasteiger partial charge >= 0.3 is 5.63 Å². The van der Waals surface area contributed by atoms with Crippen LogP contribution in [0.1, 0.15) is 36.0 Å². The Bertz CT molecular complexity index is 1070. The van der Waals surface area contributed by atoms with Gasteiger partial charge in [0, 0.05) is 41.9 Å². The molecule has 0 saturated carbocycles. The number of amides is 1. The zero-order chi connectivity index (χ0) is 19.1. The molecule has 3 heterocycles. The first-order valence-electron chi connectivity index (χ1n) is 9.34. The molecule has 0 aliphatic carbocycles. The molecule has 1 amide bonds. The van der Waals surface area contributed by atoms with Crippen LogP contribution in [0, 0.1) is 13.8 Å². The molecule has 6 nitrogen and oxygen atoms in total. The zero-order valence-electron chi connectivity index (χ0n) is 15.6. The Kier molecular flexibility index (Phi) is 4.52. The van der Waals surface area contributed by atoms with Crippen LogP contribution in [0.3, 0.4) is 0 Å². The lowest BCUT2D eigenvalue weighted by molar-refractivity contribution is -0.133. The first-order valence-corrected chi connectivity index (χ1v) is 9.34. The van der Waals surface area contributed by atoms with Gasteiger partial charge in [-0.3, -0.25) is 4.79 Å². The summed E-state index contributed by atoms with van der Waals surface area (Å²) in [6, 6.07) is 3.74. The lowest BCUT2D eigenvalue weighted by Gasteiger charge is -2.29. The minimum Gasteiger partial charge on any atom is -0.464 e. The summed E-state index contributed by atoms with van der Waals surface area (Å²) in [5, 5.41) is 11.4. The molecule has 1 aliphatic rings. The van der Waals surface area contributed by atoms with Crippen molar-refractivity contribution in [3.8, 4) is 0 Å². The number of aryl methyl sites for hydroxylation is 2.